The number of benzene rings is 1. The summed E-state index contributed by atoms with van der Waals surface area (Å²) < 4.78 is 5.56. The lowest BCUT2D eigenvalue weighted by Gasteiger charge is -2.36. The third-order valence-corrected chi connectivity index (χ3v) is 4.77. The number of hydrogen-bond acceptors (Lipinski definition) is 3. The van der Waals surface area contributed by atoms with Gasteiger partial charge in [0, 0.05) is 38.8 Å². The SMILES string of the molecule is COc1cc(CCN2CCN(C(C)C)CC2)ccc1C(C)C. The molecule has 1 saturated heterocycles. The van der Waals surface area contributed by atoms with E-state index in [1.54, 1.807) is 7.11 Å². The largest absolute Gasteiger partial charge is 0.496 e. The molecule has 0 unspecified atom stereocenters. The second-order valence-electron chi connectivity index (χ2n) is 6.95. The van der Waals surface area contributed by atoms with Crippen molar-refractivity contribution in [3.63, 3.8) is 0 Å². The molecule has 0 atom stereocenters. The van der Waals surface area contributed by atoms with E-state index in [4.69, 9.17) is 4.74 Å². The number of piperazine rings is 1. The summed E-state index contributed by atoms with van der Waals surface area (Å²) in [5, 5.41) is 0. The maximum Gasteiger partial charge on any atom is 0.122 e. The average Bonchev–Trinajstić information content (AvgIpc) is 2.52. The molecule has 0 aliphatic carbocycles. The molecule has 3 nitrogen and oxygen atoms in total. The molecule has 0 aromatic heterocycles. The van der Waals surface area contributed by atoms with Gasteiger partial charge < -0.3 is 9.64 Å². The molecule has 0 saturated carbocycles. The number of ether oxygens (including phenoxy) is 1. The van der Waals surface area contributed by atoms with Crippen LogP contribution in [0, 0.1) is 0 Å². The molecule has 22 heavy (non-hydrogen) atoms. The van der Waals surface area contributed by atoms with Gasteiger partial charge in [0.1, 0.15) is 5.75 Å². The number of rotatable bonds is 6. The van der Waals surface area contributed by atoms with Crippen LogP contribution in [0.2, 0.25) is 0 Å². The first-order valence-corrected chi connectivity index (χ1v) is 8.64. The molecule has 3 heteroatoms. The smallest absolute Gasteiger partial charge is 0.122 e. The van der Waals surface area contributed by atoms with Crippen molar-refractivity contribution in [3.05, 3.63) is 29.3 Å². The Balaban J connectivity index is 1.87. The van der Waals surface area contributed by atoms with Crippen molar-refractivity contribution in [1.29, 1.82) is 0 Å². The highest BCUT2D eigenvalue weighted by Crippen LogP contribution is 2.27. The number of hydrogen-bond donors (Lipinski definition) is 0. The van der Waals surface area contributed by atoms with Crippen LogP contribution in [-0.4, -0.2) is 55.7 Å². The van der Waals surface area contributed by atoms with Crippen LogP contribution in [0.5, 0.6) is 5.75 Å². The average molecular weight is 304 g/mol. The number of nitrogens with zero attached hydrogens (tertiary/aromatic N) is 2. The molecule has 1 aromatic rings. The summed E-state index contributed by atoms with van der Waals surface area (Å²) in [5.74, 6) is 1.55. The second-order valence-corrected chi connectivity index (χ2v) is 6.95. The zero-order valence-corrected chi connectivity index (χ0v) is 14.9. The summed E-state index contributed by atoms with van der Waals surface area (Å²) in [4.78, 5) is 5.15. The molecule has 0 bridgehead atoms. The fraction of sp³-hybridized carbons (Fsp3) is 0.684. The summed E-state index contributed by atoms with van der Waals surface area (Å²) in [6.07, 6.45) is 1.11. The third kappa shape index (κ3) is 4.47. The summed E-state index contributed by atoms with van der Waals surface area (Å²) in [7, 11) is 1.77. The van der Waals surface area contributed by atoms with Gasteiger partial charge in [-0.15, -0.1) is 0 Å². The van der Waals surface area contributed by atoms with Gasteiger partial charge in [-0.2, -0.15) is 0 Å². The highest BCUT2D eigenvalue weighted by Gasteiger charge is 2.18. The summed E-state index contributed by atoms with van der Waals surface area (Å²) >= 11 is 0. The Labute approximate surface area is 136 Å². The highest BCUT2D eigenvalue weighted by molar-refractivity contribution is 5.39. The molecule has 1 fully saturated rings. The standard InChI is InChI=1S/C19H32N2O/c1-15(2)18-7-6-17(14-19(18)22-5)8-9-20-10-12-21(13-11-20)16(3)4/h6-7,14-16H,8-13H2,1-5H3. The first kappa shape index (κ1) is 17.3. The fourth-order valence-electron chi connectivity index (χ4n) is 3.18. The Morgan fingerprint density at radius 2 is 1.73 bits per heavy atom. The van der Waals surface area contributed by atoms with Gasteiger partial charge in [0.15, 0.2) is 0 Å². The minimum absolute atomic E-state index is 0.508. The van der Waals surface area contributed by atoms with Crippen LogP contribution in [0.3, 0.4) is 0 Å². The van der Waals surface area contributed by atoms with Crippen molar-refractivity contribution < 1.29 is 4.74 Å². The Hall–Kier alpha value is -1.06. The van der Waals surface area contributed by atoms with Crippen LogP contribution in [0.15, 0.2) is 18.2 Å². The molecule has 1 aliphatic rings. The normalized spacial score (nSPS) is 17.4. The van der Waals surface area contributed by atoms with Crippen molar-refractivity contribution in [2.75, 3.05) is 39.8 Å². The minimum Gasteiger partial charge on any atom is -0.496 e. The molecule has 0 radical (unpaired) electrons. The number of methoxy groups -OCH3 is 1. The summed E-state index contributed by atoms with van der Waals surface area (Å²) in [6, 6.07) is 7.40. The summed E-state index contributed by atoms with van der Waals surface area (Å²) in [5.41, 5.74) is 2.68. The van der Waals surface area contributed by atoms with Gasteiger partial charge in [-0.25, -0.2) is 0 Å². The van der Waals surface area contributed by atoms with E-state index in [0.717, 1.165) is 18.7 Å². The van der Waals surface area contributed by atoms with Crippen LogP contribution >= 0.6 is 0 Å². The molecular formula is C19H32N2O. The van der Waals surface area contributed by atoms with E-state index in [1.165, 1.54) is 37.3 Å². The second kappa shape index (κ2) is 7.98. The van der Waals surface area contributed by atoms with E-state index < -0.39 is 0 Å². The molecule has 1 aliphatic heterocycles. The van der Waals surface area contributed by atoms with Crippen molar-refractivity contribution in [3.8, 4) is 5.75 Å². The van der Waals surface area contributed by atoms with E-state index in [1.807, 2.05) is 0 Å². The molecule has 124 valence electrons. The van der Waals surface area contributed by atoms with E-state index in [9.17, 15) is 0 Å². The lowest BCUT2D eigenvalue weighted by molar-refractivity contribution is 0.109. The van der Waals surface area contributed by atoms with Gasteiger partial charge >= 0.3 is 0 Å². The van der Waals surface area contributed by atoms with Gasteiger partial charge in [0.05, 0.1) is 7.11 Å². The molecule has 1 heterocycles. The lowest BCUT2D eigenvalue weighted by atomic mass is 9.99. The van der Waals surface area contributed by atoms with E-state index in [0.29, 0.717) is 12.0 Å². The Morgan fingerprint density at radius 3 is 2.27 bits per heavy atom. The maximum absolute atomic E-state index is 5.56. The van der Waals surface area contributed by atoms with Crippen LogP contribution in [0.25, 0.3) is 0 Å². The zero-order chi connectivity index (χ0) is 16.1. The first-order chi connectivity index (χ1) is 10.5. The molecule has 0 spiro atoms. The van der Waals surface area contributed by atoms with Crippen molar-refractivity contribution in [2.45, 2.75) is 46.1 Å². The Kier molecular flexibility index (Phi) is 6.27. The quantitative estimate of drug-likeness (QED) is 0.801. The van der Waals surface area contributed by atoms with Crippen molar-refractivity contribution in [2.24, 2.45) is 0 Å². The van der Waals surface area contributed by atoms with Gasteiger partial charge in [0.25, 0.3) is 0 Å². The van der Waals surface area contributed by atoms with Crippen LogP contribution in [0.1, 0.15) is 44.7 Å². The van der Waals surface area contributed by atoms with E-state index in [2.05, 4.69) is 55.7 Å². The molecular weight excluding hydrogens is 272 g/mol. The van der Waals surface area contributed by atoms with Gasteiger partial charge in [-0.05, 0) is 43.4 Å². The Morgan fingerprint density at radius 1 is 1.05 bits per heavy atom. The topological polar surface area (TPSA) is 15.7 Å². The van der Waals surface area contributed by atoms with Crippen LogP contribution in [-0.2, 0) is 6.42 Å². The molecule has 0 amide bonds. The molecule has 1 aromatic carbocycles. The minimum atomic E-state index is 0.508. The van der Waals surface area contributed by atoms with Gasteiger partial charge in [-0.3, -0.25) is 4.90 Å². The van der Waals surface area contributed by atoms with Crippen molar-refractivity contribution in [1.82, 2.24) is 9.80 Å². The van der Waals surface area contributed by atoms with E-state index in [-0.39, 0.29) is 0 Å². The Bertz CT molecular complexity index is 463. The van der Waals surface area contributed by atoms with Crippen LogP contribution < -0.4 is 4.74 Å². The third-order valence-electron chi connectivity index (χ3n) is 4.77. The first-order valence-electron chi connectivity index (χ1n) is 8.64. The predicted octanol–water partition coefficient (Wildman–Crippen LogP) is 3.39. The molecule has 2 rings (SSSR count). The summed E-state index contributed by atoms with van der Waals surface area (Å²) in [6.45, 7) is 14.9. The highest BCUT2D eigenvalue weighted by atomic mass is 16.5. The van der Waals surface area contributed by atoms with Gasteiger partial charge in [0.2, 0.25) is 0 Å². The zero-order valence-electron chi connectivity index (χ0n) is 14.9. The fourth-order valence-corrected chi connectivity index (χ4v) is 3.18. The van der Waals surface area contributed by atoms with Gasteiger partial charge in [-0.1, -0.05) is 26.0 Å². The maximum atomic E-state index is 5.56. The molecule has 0 N–H and O–H groups in total. The predicted molar refractivity (Wildman–Crippen MR) is 93.9 cm³/mol. The van der Waals surface area contributed by atoms with E-state index >= 15 is 0 Å². The monoisotopic (exact) mass is 304 g/mol. The lowest BCUT2D eigenvalue weighted by Crippen LogP contribution is -2.49. The van der Waals surface area contributed by atoms with Crippen molar-refractivity contribution >= 4 is 0 Å². The van der Waals surface area contributed by atoms with Crippen LogP contribution in [0.4, 0.5) is 0 Å².